The van der Waals surface area contributed by atoms with Gasteiger partial charge in [0.2, 0.25) is 0 Å². The Labute approximate surface area is 111 Å². The summed E-state index contributed by atoms with van der Waals surface area (Å²) in [6, 6.07) is 12.4. The van der Waals surface area contributed by atoms with Crippen LogP contribution in [0.15, 0.2) is 47.4 Å². The van der Waals surface area contributed by atoms with Crippen LogP contribution in [0.25, 0.3) is 16.3 Å². The Bertz CT molecular complexity index is 646. The fourth-order valence-electron chi connectivity index (χ4n) is 2.16. The summed E-state index contributed by atoms with van der Waals surface area (Å²) >= 11 is 3.50. The van der Waals surface area contributed by atoms with Crippen LogP contribution in [0, 0.1) is 0 Å². The van der Waals surface area contributed by atoms with E-state index in [0.717, 1.165) is 21.2 Å². The fourth-order valence-corrected chi connectivity index (χ4v) is 3.92. The third kappa shape index (κ3) is 1.87. The van der Waals surface area contributed by atoms with Gasteiger partial charge >= 0.3 is 0 Å². The molecule has 0 aliphatic carbocycles. The van der Waals surface area contributed by atoms with Crippen LogP contribution in [0.3, 0.4) is 0 Å². The summed E-state index contributed by atoms with van der Waals surface area (Å²) in [7, 11) is -0.891. The third-order valence-electron chi connectivity index (χ3n) is 3.06. The number of rotatable bonds is 1. The van der Waals surface area contributed by atoms with Crippen LogP contribution in [-0.2, 0) is 10.8 Å². The van der Waals surface area contributed by atoms with Gasteiger partial charge in [0, 0.05) is 16.0 Å². The van der Waals surface area contributed by atoms with Gasteiger partial charge in [-0.2, -0.15) is 0 Å². The van der Waals surface area contributed by atoms with Gasteiger partial charge in [-0.25, -0.2) is 0 Å². The smallest absolute Gasteiger partial charge is 0.0574 e. The molecule has 0 spiro atoms. The van der Waals surface area contributed by atoms with Crippen LogP contribution < -0.4 is 0 Å². The SMILES string of the molecule is O=S1CC=C(CBr)c2cc3ccccc3cc21. The van der Waals surface area contributed by atoms with E-state index in [1.807, 2.05) is 12.1 Å². The minimum atomic E-state index is -0.891. The summed E-state index contributed by atoms with van der Waals surface area (Å²) in [5, 5.41) is 3.18. The van der Waals surface area contributed by atoms with Crippen LogP contribution in [0.2, 0.25) is 0 Å². The van der Waals surface area contributed by atoms with E-state index < -0.39 is 10.8 Å². The van der Waals surface area contributed by atoms with Crippen LogP contribution >= 0.6 is 15.9 Å². The molecule has 0 N–H and O–H groups in total. The van der Waals surface area contributed by atoms with Gasteiger partial charge in [-0.3, -0.25) is 4.21 Å². The molecule has 1 aliphatic heterocycles. The molecule has 1 atom stereocenters. The molecular formula is C14H11BrOS. The molecular weight excluding hydrogens is 296 g/mol. The molecule has 0 aromatic heterocycles. The van der Waals surface area contributed by atoms with Crippen molar-refractivity contribution in [3.8, 4) is 0 Å². The number of allylic oxidation sites excluding steroid dienone is 1. The van der Waals surface area contributed by atoms with E-state index in [0.29, 0.717) is 5.75 Å². The van der Waals surface area contributed by atoms with Crippen molar-refractivity contribution in [3.05, 3.63) is 48.0 Å². The maximum atomic E-state index is 12.0. The van der Waals surface area contributed by atoms with Crippen molar-refractivity contribution in [2.75, 3.05) is 11.1 Å². The highest BCUT2D eigenvalue weighted by atomic mass is 79.9. The van der Waals surface area contributed by atoms with Gasteiger partial charge in [0.05, 0.1) is 10.8 Å². The van der Waals surface area contributed by atoms with Crippen molar-refractivity contribution >= 4 is 43.1 Å². The normalized spacial score (nSPS) is 18.9. The van der Waals surface area contributed by atoms with Gasteiger partial charge in [0.15, 0.2) is 0 Å². The van der Waals surface area contributed by atoms with Crippen molar-refractivity contribution in [1.29, 1.82) is 0 Å². The van der Waals surface area contributed by atoms with Crippen molar-refractivity contribution in [3.63, 3.8) is 0 Å². The number of hydrogen-bond donors (Lipinski definition) is 0. The van der Waals surface area contributed by atoms with Gasteiger partial charge in [0.25, 0.3) is 0 Å². The lowest BCUT2D eigenvalue weighted by Crippen LogP contribution is -2.07. The number of benzene rings is 2. The van der Waals surface area contributed by atoms with Crippen LogP contribution in [-0.4, -0.2) is 15.3 Å². The molecule has 1 nitrogen and oxygen atoms in total. The van der Waals surface area contributed by atoms with Crippen molar-refractivity contribution < 1.29 is 4.21 Å². The highest BCUT2D eigenvalue weighted by Crippen LogP contribution is 2.32. The molecule has 17 heavy (non-hydrogen) atoms. The van der Waals surface area contributed by atoms with Crippen LogP contribution in [0.1, 0.15) is 5.56 Å². The molecule has 1 aliphatic rings. The summed E-state index contributed by atoms with van der Waals surface area (Å²) in [5.74, 6) is 0.631. The highest BCUT2D eigenvalue weighted by Gasteiger charge is 2.17. The molecule has 0 fully saturated rings. The second kappa shape index (κ2) is 4.39. The number of alkyl halides is 1. The average Bonchev–Trinajstić information content (AvgIpc) is 2.38. The zero-order chi connectivity index (χ0) is 11.8. The minimum absolute atomic E-state index is 0.631. The van der Waals surface area contributed by atoms with Crippen LogP contribution in [0.4, 0.5) is 0 Å². The van der Waals surface area contributed by atoms with Gasteiger partial charge in [0.1, 0.15) is 0 Å². The van der Waals surface area contributed by atoms with Crippen molar-refractivity contribution in [2.45, 2.75) is 4.90 Å². The predicted molar refractivity (Wildman–Crippen MR) is 77.0 cm³/mol. The quantitative estimate of drug-likeness (QED) is 0.734. The van der Waals surface area contributed by atoms with E-state index in [-0.39, 0.29) is 0 Å². The summed E-state index contributed by atoms with van der Waals surface area (Å²) in [6.07, 6.45) is 2.07. The van der Waals surface area contributed by atoms with Gasteiger partial charge in [-0.15, -0.1) is 0 Å². The second-order valence-corrected chi connectivity index (χ2v) is 6.10. The first kappa shape index (κ1) is 11.2. The monoisotopic (exact) mass is 306 g/mol. The largest absolute Gasteiger partial charge is 0.254 e. The van der Waals surface area contributed by atoms with E-state index in [4.69, 9.17) is 0 Å². The van der Waals surface area contributed by atoms with Crippen LogP contribution in [0.5, 0.6) is 0 Å². The minimum Gasteiger partial charge on any atom is -0.254 e. The molecule has 1 heterocycles. The third-order valence-corrected chi connectivity index (χ3v) is 4.97. The first-order valence-electron chi connectivity index (χ1n) is 5.46. The summed E-state index contributed by atoms with van der Waals surface area (Å²) in [4.78, 5) is 0.973. The zero-order valence-corrected chi connectivity index (χ0v) is 11.6. The standard InChI is InChI=1S/C14H11BrOS/c15-9-12-5-6-17(16)14-8-11-4-2-1-3-10(11)7-13(12)14/h1-5,7-8H,6,9H2. The summed E-state index contributed by atoms with van der Waals surface area (Å²) in [5.41, 5.74) is 2.37. The first-order chi connectivity index (χ1) is 8.29. The van der Waals surface area contributed by atoms with Crippen molar-refractivity contribution in [1.82, 2.24) is 0 Å². The topological polar surface area (TPSA) is 17.1 Å². The molecule has 3 heteroatoms. The predicted octanol–water partition coefficient (Wildman–Crippen LogP) is 3.74. The molecule has 3 rings (SSSR count). The van der Waals surface area contributed by atoms with Gasteiger partial charge in [-0.1, -0.05) is 46.3 Å². The number of halogens is 1. The number of fused-ring (bicyclic) bond motifs is 2. The van der Waals surface area contributed by atoms with E-state index >= 15 is 0 Å². The summed E-state index contributed by atoms with van der Waals surface area (Å²) < 4.78 is 12.0. The van der Waals surface area contributed by atoms with Crippen molar-refractivity contribution in [2.24, 2.45) is 0 Å². The maximum absolute atomic E-state index is 12.0. The molecule has 2 aromatic carbocycles. The molecule has 0 saturated heterocycles. The van der Waals surface area contributed by atoms with E-state index in [9.17, 15) is 4.21 Å². The molecule has 0 bridgehead atoms. The Morgan fingerprint density at radius 2 is 1.88 bits per heavy atom. The lowest BCUT2D eigenvalue weighted by Gasteiger charge is -2.17. The molecule has 0 saturated carbocycles. The number of hydrogen-bond acceptors (Lipinski definition) is 1. The summed E-state index contributed by atoms with van der Waals surface area (Å²) in [6.45, 7) is 0. The molecule has 0 amide bonds. The zero-order valence-electron chi connectivity index (χ0n) is 9.15. The molecule has 86 valence electrons. The second-order valence-electron chi connectivity index (χ2n) is 4.07. The van der Waals surface area contributed by atoms with E-state index in [2.05, 4.69) is 46.3 Å². The Kier molecular flexibility index (Phi) is 2.89. The first-order valence-corrected chi connectivity index (χ1v) is 7.90. The Balaban J connectivity index is 2.33. The van der Waals surface area contributed by atoms with E-state index in [1.54, 1.807) is 0 Å². The Morgan fingerprint density at radius 1 is 1.18 bits per heavy atom. The average molecular weight is 307 g/mol. The molecule has 2 aromatic rings. The molecule has 1 unspecified atom stereocenters. The molecule has 0 radical (unpaired) electrons. The lowest BCUT2D eigenvalue weighted by molar-refractivity contribution is 0.684. The highest BCUT2D eigenvalue weighted by molar-refractivity contribution is 9.09. The Hall–Kier alpha value is -0.930. The van der Waals surface area contributed by atoms with Gasteiger partial charge in [-0.05, 0) is 34.0 Å². The lowest BCUT2D eigenvalue weighted by atomic mass is 10.0. The fraction of sp³-hybridized carbons (Fsp3) is 0.143. The Morgan fingerprint density at radius 3 is 2.59 bits per heavy atom. The maximum Gasteiger partial charge on any atom is 0.0574 e. The van der Waals surface area contributed by atoms with E-state index in [1.165, 1.54) is 11.0 Å². The van der Waals surface area contributed by atoms with Gasteiger partial charge < -0.3 is 0 Å².